The van der Waals surface area contributed by atoms with Crippen LogP contribution in [0.1, 0.15) is 63.2 Å². The van der Waals surface area contributed by atoms with Crippen LogP contribution in [0.15, 0.2) is 12.5 Å². The maximum Gasteiger partial charge on any atom is 0.0951 e. The maximum absolute atomic E-state index is 4.38. The lowest BCUT2D eigenvalue weighted by Gasteiger charge is -2.34. The van der Waals surface area contributed by atoms with E-state index in [0.717, 1.165) is 12.5 Å². The van der Waals surface area contributed by atoms with Crippen LogP contribution in [-0.2, 0) is 0 Å². The van der Waals surface area contributed by atoms with Gasteiger partial charge in [-0.25, -0.2) is 4.98 Å². The first-order valence-electron chi connectivity index (χ1n) is 7.11. The number of imidazole rings is 1. The zero-order valence-corrected chi connectivity index (χ0v) is 10.7. The summed E-state index contributed by atoms with van der Waals surface area (Å²) in [5.74, 6) is 0.881. The van der Waals surface area contributed by atoms with Crippen LogP contribution in [-0.4, -0.2) is 16.1 Å². The Balaban J connectivity index is 1.77. The summed E-state index contributed by atoms with van der Waals surface area (Å²) in [6.45, 7) is 3.52. The molecular formula is C14H23N3. The minimum Gasteiger partial charge on any atom is -0.330 e. The monoisotopic (exact) mass is 233 g/mol. The molecule has 2 unspecified atom stereocenters. The average Bonchev–Trinajstić information content (AvgIpc) is 2.76. The number of hydrogen-bond donors (Lipinski definition) is 1. The molecule has 1 saturated heterocycles. The van der Waals surface area contributed by atoms with Crippen LogP contribution in [0.4, 0.5) is 0 Å². The molecule has 0 spiro atoms. The second-order valence-electron chi connectivity index (χ2n) is 5.66. The molecule has 0 amide bonds. The second kappa shape index (κ2) is 4.81. The van der Waals surface area contributed by atoms with E-state index in [1.54, 1.807) is 0 Å². The first-order chi connectivity index (χ1) is 8.36. The lowest BCUT2D eigenvalue weighted by Crippen LogP contribution is -2.31. The van der Waals surface area contributed by atoms with Gasteiger partial charge >= 0.3 is 0 Å². The Hall–Kier alpha value is -0.830. The Morgan fingerprint density at radius 1 is 1.29 bits per heavy atom. The highest BCUT2D eigenvalue weighted by Gasteiger charge is 2.28. The van der Waals surface area contributed by atoms with Gasteiger partial charge in [0, 0.05) is 18.3 Å². The van der Waals surface area contributed by atoms with Crippen molar-refractivity contribution in [2.45, 2.75) is 57.5 Å². The molecule has 94 valence electrons. The van der Waals surface area contributed by atoms with E-state index in [-0.39, 0.29) is 0 Å². The van der Waals surface area contributed by atoms with E-state index in [0.29, 0.717) is 12.1 Å². The molecule has 2 atom stereocenters. The fourth-order valence-electron chi connectivity index (χ4n) is 3.18. The smallest absolute Gasteiger partial charge is 0.0951 e. The van der Waals surface area contributed by atoms with Crippen molar-refractivity contribution in [2.75, 3.05) is 6.54 Å². The first-order valence-corrected chi connectivity index (χ1v) is 7.11. The topological polar surface area (TPSA) is 29.9 Å². The fourth-order valence-corrected chi connectivity index (χ4v) is 3.18. The predicted octanol–water partition coefficient (Wildman–Crippen LogP) is 3.06. The summed E-state index contributed by atoms with van der Waals surface area (Å²) in [5.41, 5.74) is 1.41. The Labute approximate surface area is 104 Å². The average molecular weight is 233 g/mol. The summed E-state index contributed by atoms with van der Waals surface area (Å²) in [4.78, 5) is 4.38. The van der Waals surface area contributed by atoms with Crippen molar-refractivity contribution in [3.63, 3.8) is 0 Å². The minimum absolute atomic E-state index is 0.536. The molecule has 2 aliphatic rings. The zero-order valence-electron chi connectivity index (χ0n) is 10.7. The van der Waals surface area contributed by atoms with Crippen molar-refractivity contribution in [3.8, 4) is 0 Å². The van der Waals surface area contributed by atoms with Crippen molar-refractivity contribution in [3.05, 3.63) is 18.2 Å². The summed E-state index contributed by atoms with van der Waals surface area (Å²) in [6, 6.07) is 1.17. The number of nitrogens with one attached hydrogen (secondary N) is 1. The Kier molecular flexibility index (Phi) is 3.19. The van der Waals surface area contributed by atoms with Gasteiger partial charge in [0.2, 0.25) is 0 Å². The molecule has 2 fully saturated rings. The third-order valence-corrected chi connectivity index (χ3v) is 4.63. The Morgan fingerprint density at radius 3 is 2.82 bits per heavy atom. The van der Waals surface area contributed by atoms with E-state index in [9.17, 15) is 0 Å². The molecule has 2 heterocycles. The van der Waals surface area contributed by atoms with Gasteiger partial charge in [-0.15, -0.1) is 0 Å². The quantitative estimate of drug-likeness (QED) is 0.869. The van der Waals surface area contributed by atoms with Crippen molar-refractivity contribution in [2.24, 2.45) is 5.92 Å². The number of aromatic nitrogens is 2. The van der Waals surface area contributed by atoms with Gasteiger partial charge in [0.25, 0.3) is 0 Å². The van der Waals surface area contributed by atoms with Crippen LogP contribution in [0.25, 0.3) is 0 Å². The fraction of sp³-hybridized carbons (Fsp3) is 0.786. The van der Waals surface area contributed by atoms with Gasteiger partial charge in [0.1, 0.15) is 0 Å². The molecule has 1 saturated carbocycles. The molecule has 3 heteroatoms. The van der Waals surface area contributed by atoms with Gasteiger partial charge in [0.05, 0.1) is 12.0 Å². The summed E-state index contributed by atoms with van der Waals surface area (Å²) in [6.07, 6.45) is 12.3. The van der Waals surface area contributed by atoms with E-state index in [4.69, 9.17) is 0 Å². The second-order valence-corrected chi connectivity index (χ2v) is 5.66. The lowest BCUT2D eigenvalue weighted by atomic mass is 9.80. The van der Waals surface area contributed by atoms with Gasteiger partial charge in [-0.1, -0.05) is 12.8 Å². The SMILES string of the molecule is CC(C1CCC1)n1cncc1C1CCCCN1. The van der Waals surface area contributed by atoms with Crippen LogP contribution in [0.5, 0.6) is 0 Å². The molecule has 17 heavy (non-hydrogen) atoms. The van der Waals surface area contributed by atoms with Crippen molar-refractivity contribution >= 4 is 0 Å². The summed E-state index contributed by atoms with van der Waals surface area (Å²) in [7, 11) is 0. The number of hydrogen-bond acceptors (Lipinski definition) is 2. The molecule has 1 aromatic heterocycles. The first kappa shape index (κ1) is 11.3. The van der Waals surface area contributed by atoms with Gasteiger partial charge in [-0.2, -0.15) is 0 Å². The minimum atomic E-state index is 0.536. The standard InChI is InChI=1S/C14H23N3/c1-11(12-5-4-6-12)17-10-15-9-14(17)13-7-2-3-8-16-13/h9-13,16H,2-8H2,1H3. The largest absolute Gasteiger partial charge is 0.330 e. The predicted molar refractivity (Wildman–Crippen MR) is 68.9 cm³/mol. The molecule has 1 aliphatic heterocycles. The highest BCUT2D eigenvalue weighted by atomic mass is 15.1. The third kappa shape index (κ3) is 2.13. The molecule has 3 nitrogen and oxygen atoms in total. The zero-order chi connectivity index (χ0) is 11.7. The molecular weight excluding hydrogens is 210 g/mol. The number of nitrogens with zero attached hydrogens (tertiary/aromatic N) is 2. The van der Waals surface area contributed by atoms with Crippen LogP contribution < -0.4 is 5.32 Å². The van der Waals surface area contributed by atoms with E-state index < -0.39 is 0 Å². The number of piperidine rings is 1. The molecule has 0 radical (unpaired) electrons. The van der Waals surface area contributed by atoms with Crippen LogP contribution in [0.3, 0.4) is 0 Å². The molecule has 3 rings (SSSR count). The third-order valence-electron chi connectivity index (χ3n) is 4.63. The number of rotatable bonds is 3. The highest BCUT2D eigenvalue weighted by molar-refractivity contribution is 5.08. The van der Waals surface area contributed by atoms with Crippen LogP contribution in [0, 0.1) is 5.92 Å². The lowest BCUT2D eigenvalue weighted by molar-refractivity contribution is 0.215. The van der Waals surface area contributed by atoms with E-state index in [1.165, 1.54) is 44.2 Å². The van der Waals surface area contributed by atoms with E-state index in [1.807, 2.05) is 6.33 Å². The summed E-state index contributed by atoms with van der Waals surface area (Å²) < 4.78 is 2.42. The Bertz CT molecular complexity index is 345. The summed E-state index contributed by atoms with van der Waals surface area (Å²) in [5, 5.41) is 3.63. The van der Waals surface area contributed by atoms with E-state index in [2.05, 4.69) is 28.0 Å². The van der Waals surface area contributed by atoms with Gasteiger partial charge < -0.3 is 9.88 Å². The van der Waals surface area contributed by atoms with Gasteiger partial charge in [-0.05, 0) is 45.1 Å². The maximum atomic E-state index is 4.38. The normalized spacial score (nSPS) is 27.7. The van der Waals surface area contributed by atoms with Gasteiger partial charge in [0.15, 0.2) is 0 Å². The summed E-state index contributed by atoms with van der Waals surface area (Å²) >= 11 is 0. The highest BCUT2D eigenvalue weighted by Crippen LogP contribution is 2.37. The molecule has 0 bridgehead atoms. The Morgan fingerprint density at radius 2 is 2.18 bits per heavy atom. The van der Waals surface area contributed by atoms with Crippen molar-refractivity contribution in [1.82, 2.24) is 14.9 Å². The van der Waals surface area contributed by atoms with Crippen LogP contribution >= 0.6 is 0 Å². The van der Waals surface area contributed by atoms with Gasteiger partial charge in [-0.3, -0.25) is 0 Å². The van der Waals surface area contributed by atoms with Crippen molar-refractivity contribution in [1.29, 1.82) is 0 Å². The van der Waals surface area contributed by atoms with E-state index >= 15 is 0 Å². The molecule has 1 aliphatic carbocycles. The molecule has 1 N–H and O–H groups in total. The van der Waals surface area contributed by atoms with Crippen molar-refractivity contribution < 1.29 is 0 Å². The van der Waals surface area contributed by atoms with Crippen LogP contribution in [0.2, 0.25) is 0 Å². The molecule has 1 aromatic rings. The molecule has 0 aromatic carbocycles.